The Bertz CT molecular complexity index is 4320. The minimum Gasteiger partial charge on any atom is -0.474 e. The summed E-state index contributed by atoms with van der Waals surface area (Å²) in [6.07, 6.45) is 33.3. The number of benzene rings is 2. The number of unbranched alkanes of at least 4 members (excludes halogenated alkanes) is 28. The first-order valence-corrected chi connectivity index (χ1v) is 49.8. The van der Waals surface area contributed by atoms with Crippen molar-refractivity contribution in [2.45, 2.75) is 341 Å². The van der Waals surface area contributed by atoms with Crippen molar-refractivity contribution in [3.63, 3.8) is 0 Å². The van der Waals surface area contributed by atoms with Crippen molar-refractivity contribution in [2.75, 3.05) is 50.7 Å². The lowest BCUT2D eigenvalue weighted by Gasteiger charge is -2.24. The van der Waals surface area contributed by atoms with Gasteiger partial charge < -0.3 is 64.4 Å². The van der Waals surface area contributed by atoms with E-state index < -0.39 is 140 Å². The summed E-state index contributed by atoms with van der Waals surface area (Å²) in [4.78, 5) is 151. The van der Waals surface area contributed by atoms with Gasteiger partial charge in [0.25, 0.3) is 11.5 Å². The first-order valence-electron chi connectivity index (χ1n) is 46.4. The van der Waals surface area contributed by atoms with E-state index in [1.165, 1.54) is 171 Å². The molecule has 39 heteroatoms. The molecule has 1 saturated carbocycles. The molecule has 36 nitrogen and oxygen atoms in total. The molecular weight excluding hydrogens is 1730 g/mol. The predicted octanol–water partition coefficient (Wildman–Crippen LogP) is 16.4. The zero-order valence-corrected chi connectivity index (χ0v) is 78.8. The lowest BCUT2D eigenvalue weighted by molar-refractivity contribution is -0.161. The Morgan fingerprint density at radius 1 is 0.698 bits per heavy atom. The topological polar surface area (TPSA) is 473 Å². The molecule has 1 saturated heterocycles. The molecular formula is C90H139N12O24P3. The number of aromatic amines is 1. The normalized spacial score (nSPS) is 17.5. The van der Waals surface area contributed by atoms with Gasteiger partial charge in [0.15, 0.2) is 23.5 Å². The van der Waals surface area contributed by atoms with E-state index in [2.05, 4.69) is 65.4 Å². The summed E-state index contributed by atoms with van der Waals surface area (Å²) in [6.45, 7) is 7.44. The number of hydrogen-bond donors (Lipinski definition) is 8. The van der Waals surface area contributed by atoms with Crippen LogP contribution in [0.4, 0.5) is 16.4 Å². The zero-order chi connectivity index (χ0) is 93.0. The number of aromatic nitrogens is 6. The number of imidazole rings is 1. The number of nitrogens with one attached hydrogen (secondary N) is 6. The number of carbonyl (C=O) groups is 8. The van der Waals surface area contributed by atoms with Gasteiger partial charge in [-0.25, -0.2) is 28.9 Å². The lowest BCUT2D eigenvalue weighted by Crippen LogP contribution is -2.53. The number of anilines is 2. The predicted molar refractivity (Wildman–Crippen MR) is 484 cm³/mol. The average molecular weight is 1870 g/mol. The second-order valence-corrected chi connectivity index (χ2v) is 36.5. The van der Waals surface area contributed by atoms with Crippen LogP contribution < -0.4 is 36.9 Å². The fourth-order valence-electron chi connectivity index (χ4n) is 15.1. The maximum atomic E-state index is 14.0. The van der Waals surface area contributed by atoms with Gasteiger partial charge in [-0.05, 0) is 86.6 Å². The highest BCUT2D eigenvalue weighted by atomic mass is 31.2. The van der Waals surface area contributed by atoms with Gasteiger partial charge in [0.05, 0.1) is 26.1 Å². The molecule has 129 heavy (non-hydrogen) atoms. The standard InChI is InChI=1S/C90H139N12O24P3/c1-7-9-11-13-15-17-19-21-23-25-27-29-31-33-35-44-76(105)117-60-71(123-77(106)45-36-34-32-30-28-26-24-22-20-18-16-14-12-10-8-2)61-121-129(115,116)120-55-54-92-73(103)42-39-43-74(104)97-78(64(3)4)85(110)95-65(5)83(108)96-69-49-46-66(47-50-69)58-118-90(112)101(6)57-68-40-37-38-41-72(68)84(109)99-89-98-82-79(86(111)100-89)94-63-102(82)87-81(80(107)88(124-87)125-127-113)126-128(114)119-59-67-48-51-70(56-67)122-75-52-53-91-62-93-75/h37-38,40-41,46-47,49-50,52-53,62-65,67,70-71,78,80-81,87-88,107,128H,7-36,39,42-45,48,51,54-61H2,1-6H3,(H,92,103)(H,95,110)(H,96,108)(H,97,104)(H,115,116)(H2,98,99,100,109,111)/t65-,67+,70?,71+,78-,80-,81+,87+,88+/m0/s1. The van der Waals surface area contributed by atoms with Gasteiger partial charge in [0.2, 0.25) is 41.7 Å². The summed E-state index contributed by atoms with van der Waals surface area (Å²) in [5.41, 5.74) is 0.139. The molecule has 4 heterocycles. The molecule has 5 aromatic rings. The van der Waals surface area contributed by atoms with E-state index in [1.807, 2.05) is 0 Å². The molecule has 2 fully saturated rings. The molecule has 0 spiro atoms. The minimum atomic E-state index is -4.77. The maximum Gasteiger partial charge on any atom is 0.472 e. The molecule has 8 N–H and O–H groups in total. The molecule has 718 valence electrons. The zero-order valence-electron chi connectivity index (χ0n) is 76.0. The summed E-state index contributed by atoms with van der Waals surface area (Å²) < 4.78 is 94.4. The number of phosphoric ester groups is 1. The van der Waals surface area contributed by atoms with Crippen molar-refractivity contribution in [1.29, 1.82) is 0 Å². The van der Waals surface area contributed by atoms with E-state index in [0.29, 0.717) is 54.8 Å². The van der Waals surface area contributed by atoms with Crippen molar-refractivity contribution in [2.24, 2.45) is 11.8 Å². The van der Waals surface area contributed by atoms with Crippen molar-refractivity contribution < 1.29 is 108 Å². The second kappa shape index (κ2) is 61.2. The van der Waals surface area contributed by atoms with Gasteiger partial charge in [0.1, 0.15) is 49.9 Å². The number of hydrogen-bond acceptors (Lipinski definition) is 27. The molecule has 7 rings (SSSR count). The number of carbonyl (C=O) groups excluding carboxylic acids is 8. The summed E-state index contributed by atoms with van der Waals surface area (Å²) in [5, 5.41) is 24.4. The van der Waals surface area contributed by atoms with Gasteiger partial charge in [0, 0.05) is 69.3 Å². The van der Waals surface area contributed by atoms with Crippen LogP contribution in [-0.4, -0.2) is 175 Å². The summed E-state index contributed by atoms with van der Waals surface area (Å²) in [5.74, 6) is -4.39. The Labute approximate surface area is 759 Å². The first-order chi connectivity index (χ1) is 62.3. The monoisotopic (exact) mass is 1860 g/mol. The molecule has 2 aromatic carbocycles. The van der Waals surface area contributed by atoms with Crippen LogP contribution in [0.3, 0.4) is 0 Å². The van der Waals surface area contributed by atoms with E-state index in [1.54, 1.807) is 68.6 Å². The van der Waals surface area contributed by atoms with Crippen molar-refractivity contribution in [3.05, 3.63) is 100 Å². The Morgan fingerprint density at radius 2 is 1.30 bits per heavy atom. The molecule has 1 aliphatic heterocycles. The molecule has 2 aliphatic rings. The quantitative estimate of drug-likeness (QED) is 0.00775. The third-order valence-corrected chi connectivity index (χ3v) is 24.6. The van der Waals surface area contributed by atoms with Crippen LogP contribution in [0.1, 0.15) is 306 Å². The van der Waals surface area contributed by atoms with Gasteiger partial charge in [-0.3, -0.25) is 75.9 Å². The fraction of sp³-hybridized carbons (Fsp3) is 0.678. The second-order valence-electron chi connectivity index (χ2n) is 33.6. The van der Waals surface area contributed by atoms with E-state index in [0.717, 1.165) is 51.3 Å². The number of esters is 2. The highest BCUT2D eigenvalue weighted by Crippen LogP contribution is 2.44. The minimum absolute atomic E-state index is 0.0380. The van der Waals surface area contributed by atoms with Crippen LogP contribution in [0.25, 0.3) is 11.2 Å². The smallest absolute Gasteiger partial charge is 0.472 e. The number of fused-ring (bicyclic) bond motifs is 1. The van der Waals surface area contributed by atoms with Crippen LogP contribution in [0, 0.1) is 11.8 Å². The third-order valence-electron chi connectivity index (χ3n) is 22.4. The Kier molecular flexibility index (Phi) is 51.0. The molecule has 3 unspecified atom stereocenters. The van der Waals surface area contributed by atoms with Crippen LogP contribution in [-0.2, 0) is 97.2 Å². The Balaban J connectivity index is 0.775. The number of H-pyrrole nitrogens is 1. The van der Waals surface area contributed by atoms with E-state index in [9.17, 15) is 66.8 Å². The van der Waals surface area contributed by atoms with Gasteiger partial charge in [-0.1, -0.05) is 238 Å². The lowest BCUT2D eigenvalue weighted by atomic mass is 10.0. The van der Waals surface area contributed by atoms with E-state index in [-0.39, 0.29) is 99.7 Å². The number of nitrogens with zero attached hydrogens (tertiary/aromatic N) is 6. The van der Waals surface area contributed by atoms with E-state index in [4.69, 9.17) is 46.3 Å². The van der Waals surface area contributed by atoms with Crippen molar-refractivity contribution >= 4 is 95.1 Å². The van der Waals surface area contributed by atoms with Crippen LogP contribution in [0.5, 0.6) is 5.88 Å². The summed E-state index contributed by atoms with van der Waals surface area (Å²) >= 11 is 0. The number of aliphatic hydroxyl groups is 1. The van der Waals surface area contributed by atoms with Crippen LogP contribution in [0.2, 0.25) is 0 Å². The highest BCUT2D eigenvalue weighted by molar-refractivity contribution is 7.47. The summed E-state index contributed by atoms with van der Waals surface area (Å²) in [6, 6.07) is 12.2. The number of rotatable bonds is 68. The van der Waals surface area contributed by atoms with Gasteiger partial charge in [-0.2, -0.15) is 4.98 Å². The van der Waals surface area contributed by atoms with Crippen molar-refractivity contribution in [3.8, 4) is 5.88 Å². The largest absolute Gasteiger partial charge is 0.474 e. The third kappa shape index (κ3) is 41.9. The Morgan fingerprint density at radius 3 is 1.91 bits per heavy atom. The fourth-order valence-corrected chi connectivity index (χ4v) is 17.0. The first kappa shape index (κ1) is 108. The van der Waals surface area contributed by atoms with Crippen LogP contribution in [0.15, 0.2) is 78.2 Å². The summed E-state index contributed by atoms with van der Waals surface area (Å²) in [7, 11) is -7.53. The molecule has 3 aromatic heterocycles. The number of aliphatic hydroxyl groups excluding tert-OH is 1. The van der Waals surface area contributed by atoms with Gasteiger partial charge >= 0.3 is 42.8 Å². The highest BCUT2D eigenvalue weighted by Gasteiger charge is 2.49. The van der Waals surface area contributed by atoms with Crippen LogP contribution >= 0.6 is 24.8 Å². The number of ether oxygens (including phenoxy) is 5. The maximum absolute atomic E-state index is 14.0. The molecule has 0 radical (unpaired) electrons. The average Bonchev–Trinajstić information content (AvgIpc) is 1.61. The molecule has 1 aliphatic carbocycles. The molecule has 11 atom stereocenters. The van der Waals surface area contributed by atoms with E-state index >= 15 is 0 Å². The molecule has 6 amide bonds. The Hall–Kier alpha value is -8.53. The van der Waals surface area contributed by atoms with Crippen molar-refractivity contribution in [1.82, 2.24) is 50.3 Å². The molecule has 0 bridgehead atoms. The van der Waals surface area contributed by atoms with Gasteiger partial charge in [-0.15, -0.1) is 0 Å². The number of amides is 6. The SMILES string of the molecule is CCCCCCCCCCCCCCCCCC(=O)OC[C@H](COP(=O)(O)OCCNC(=O)CCCC(=O)N[C@H](C(=O)N[C@@H](C)C(=O)Nc1ccc(COC(=O)N(C)Cc2ccccc2C(=O)Nc2nc3c(ncn3[C@@H]3O[C@H](OP=O)[C@@H](O)[C@H]3O[PH](=O)OC[C@@H]3CCC(Oc4ccncn4)C3)c(=O)[nH]2)cc1)C(C)C)OC(=O)CCCCCCCCCCCCCCCCC. The number of phosphoric acid groups is 1.